The van der Waals surface area contributed by atoms with E-state index in [1.165, 1.54) is 17.4 Å². The number of para-hydroxylation sites is 1. The second kappa shape index (κ2) is 8.73. The van der Waals surface area contributed by atoms with Gasteiger partial charge in [-0.3, -0.25) is 4.79 Å². The maximum absolute atomic E-state index is 14.3. The van der Waals surface area contributed by atoms with E-state index in [4.69, 9.17) is 14.2 Å². The number of nitrogens with one attached hydrogen (secondary N) is 1. The third kappa shape index (κ3) is 4.15. The van der Waals surface area contributed by atoms with Gasteiger partial charge in [0.15, 0.2) is 18.1 Å². The van der Waals surface area contributed by atoms with Gasteiger partial charge in [-0.25, -0.2) is 14.1 Å². The first-order valence-electron chi connectivity index (χ1n) is 10.6. The second-order valence-corrected chi connectivity index (χ2v) is 8.52. The molecular weight excluding hydrogens is 471 g/mol. The maximum atomic E-state index is 14.3. The number of nitrogens with zero attached hydrogens (tertiary/aromatic N) is 3. The molecule has 10 heteroatoms. The molecule has 0 spiro atoms. The molecule has 2 aliphatic heterocycles. The normalized spacial score (nSPS) is 14.7. The number of amides is 1. The van der Waals surface area contributed by atoms with Crippen molar-refractivity contribution in [3.63, 3.8) is 0 Å². The van der Waals surface area contributed by atoms with Gasteiger partial charge in [0.2, 0.25) is 11.6 Å². The maximum Gasteiger partial charge on any atom is 0.262 e. The molecule has 3 aromatic carbocycles. The van der Waals surface area contributed by atoms with Gasteiger partial charge < -0.3 is 19.5 Å². The smallest absolute Gasteiger partial charge is 0.262 e. The zero-order valence-electron chi connectivity index (χ0n) is 18.1. The number of ether oxygens (including phenoxy) is 3. The van der Waals surface area contributed by atoms with Crippen LogP contribution in [-0.4, -0.2) is 30.2 Å². The zero-order chi connectivity index (χ0) is 23.8. The molecule has 1 amide bonds. The van der Waals surface area contributed by atoms with Crippen LogP contribution in [0.5, 0.6) is 17.2 Å². The minimum absolute atomic E-state index is 0.0176. The summed E-state index contributed by atoms with van der Waals surface area (Å²) in [7, 11) is 0. The van der Waals surface area contributed by atoms with Gasteiger partial charge in [0.1, 0.15) is 17.3 Å². The van der Waals surface area contributed by atoms with E-state index in [0.717, 1.165) is 11.1 Å². The van der Waals surface area contributed by atoms with E-state index in [1.807, 2.05) is 35.7 Å². The van der Waals surface area contributed by atoms with Crippen LogP contribution in [0.25, 0.3) is 11.3 Å². The van der Waals surface area contributed by atoms with Gasteiger partial charge in [-0.1, -0.05) is 12.1 Å². The summed E-state index contributed by atoms with van der Waals surface area (Å²) in [4.78, 5) is 16.8. The Balaban J connectivity index is 1.46. The molecule has 0 saturated carbocycles. The lowest BCUT2D eigenvalue weighted by Crippen LogP contribution is -2.25. The SMILES string of the molecule is O=C1COc2ccc(-c3csc(=Nc4ccccc4F)n3N=Cc3ccc4c(c3)OCO4)cc2N1. The van der Waals surface area contributed by atoms with Crippen LogP contribution in [0.4, 0.5) is 15.8 Å². The molecule has 6 rings (SSSR count). The number of benzene rings is 3. The third-order valence-electron chi connectivity index (χ3n) is 5.38. The van der Waals surface area contributed by atoms with Crippen molar-refractivity contribution in [3.8, 4) is 28.5 Å². The lowest BCUT2D eigenvalue weighted by molar-refractivity contribution is -0.118. The highest BCUT2D eigenvalue weighted by atomic mass is 32.1. The van der Waals surface area contributed by atoms with Gasteiger partial charge in [0.25, 0.3) is 5.91 Å². The molecule has 0 fully saturated rings. The van der Waals surface area contributed by atoms with Gasteiger partial charge in [-0.15, -0.1) is 11.3 Å². The average molecular weight is 489 g/mol. The Bertz CT molecular complexity index is 1560. The molecule has 0 atom stereocenters. The Hall–Kier alpha value is -4.44. The molecule has 0 saturated heterocycles. The second-order valence-electron chi connectivity index (χ2n) is 7.68. The summed E-state index contributed by atoms with van der Waals surface area (Å²) in [5.74, 6) is 1.27. The van der Waals surface area contributed by atoms with Crippen LogP contribution in [0.2, 0.25) is 0 Å². The number of anilines is 1. The monoisotopic (exact) mass is 488 g/mol. The molecule has 2 aliphatic rings. The highest BCUT2D eigenvalue weighted by Crippen LogP contribution is 2.34. The first kappa shape index (κ1) is 21.1. The van der Waals surface area contributed by atoms with E-state index in [0.29, 0.717) is 33.4 Å². The van der Waals surface area contributed by atoms with E-state index in [9.17, 15) is 9.18 Å². The van der Waals surface area contributed by atoms with Crippen LogP contribution in [0.1, 0.15) is 5.56 Å². The van der Waals surface area contributed by atoms with E-state index >= 15 is 0 Å². The van der Waals surface area contributed by atoms with E-state index in [-0.39, 0.29) is 25.0 Å². The van der Waals surface area contributed by atoms with E-state index < -0.39 is 5.82 Å². The Morgan fingerprint density at radius 2 is 1.86 bits per heavy atom. The molecule has 0 unspecified atom stereocenters. The number of halogens is 1. The highest BCUT2D eigenvalue weighted by molar-refractivity contribution is 7.07. The van der Waals surface area contributed by atoms with Crippen LogP contribution >= 0.6 is 11.3 Å². The van der Waals surface area contributed by atoms with Gasteiger partial charge >= 0.3 is 0 Å². The molecule has 1 aromatic heterocycles. The first-order valence-corrected chi connectivity index (χ1v) is 11.5. The van der Waals surface area contributed by atoms with Crippen LogP contribution < -0.4 is 24.3 Å². The molecule has 0 radical (unpaired) electrons. The number of carbonyl (C=O) groups is 1. The number of hydrogen-bond donors (Lipinski definition) is 1. The van der Waals surface area contributed by atoms with Crippen molar-refractivity contribution in [2.45, 2.75) is 0 Å². The number of aromatic nitrogens is 1. The van der Waals surface area contributed by atoms with Crippen molar-refractivity contribution in [2.24, 2.45) is 10.1 Å². The molecule has 4 aromatic rings. The number of hydrogen-bond acceptors (Lipinski definition) is 7. The summed E-state index contributed by atoms with van der Waals surface area (Å²) in [6.07, 6.45) is 1.67. The van der Waals surface area contributed by atoms with Gasteiger partial charge in [-0.2, -0.15) is 5.10 Å². The van der Waals surface area contributed by atoms with Crippen LogP contribution in [0, 0.1) is 5.82 Å². The molecule has 1 N–H and O–H groups in total. The van der Waals surface area contributed by atoms with Crippen molar-refractivity contribution < 1.29 is 23.4 Å². The van der Waals surface area contributed by atoms with Crippen LogP contribution in [0.3, 0.4) is 0 Å². The number of rotatable bonds is 4. The van der Waals surface area contributed by atoms with Crippen molar-refractivity contribution in [2.75, 3.05) is 18.7 Å². The van der Waals surface area contributed by atoms with Gasteiger partial charge in [-0.05, 0) is 54.1 Å². The van der Waals surface area contributed by atoms with Crippen LogP contribution in [-0.2, 0) is 4.79 Å². The summed E-state index contributed by atoms with van der Waals surface area (Å²) in [6.45, 7) is 0.167. The number of fused-ring (bicyclic) bond motifs is 2. The fourth-order valence-electron chi connectivity index (χ4n) is 3.69. The van der Waals surface area contributed by atoms with Crippen molar-refractivity contribution in [3.05, 3.63) is 82.2 Å². The minimum atomic E-state index is -0.428. The minimum Gasteiger partial charge on any atom is -0.482 e. The molecule has 8 nitrogen and oxygen atoms in total. The molecule has 0 aliphatic carbocycles. The van der Waals surface area contributed by atoms with Gasteiger partial charge in [0, 0.05) is 10.9 Å². The number of carbonyl (C=O) groups excluding carboxylic acids is 1. The van der Waals surface area contributed by atoms with Crippen molar-refractivity contribution in [1.82, 2.24) is 4.68 Å². The van der Waals surface area contributed by atoms with Gasteiger partial charge in [0.05, 0.1) is 17.6 Å². The van der Waals surface area contributed by atoms with Crippen LogP contribution in [0.15, 0.2) is 76.1 Å². The molecule has 3 heterocycles. The fraction of sp³-hybridized carbons (Fsp3) is 0.0800. The molecule has 174 valence electrons. The summed E-state index contributed by atoms with van der Waals surface area (Å²) in [6, 6.07) is 17.3. The first-order chi connectivity index (χ1) is 17.1. The van der Waals surface area contributed by atoms with Crippen molar-refractivity contribution >= 4 is 34.8 Å². The molecular formula is C25H17FN4O4S. The Morgan fingerprint density at radius 3 is 2.77 bits per heavy atom. The largest absolute Gasteiger partial charge is 0.482 e. The summed E-state index contributed by atoms with van der Waals surface area (Å²) in [5, 5.41) is 9.36. The highest BCUT2D eigenvalue weighted by Gasteiger charge is 2.18. The molecule has 0 bridgehead atoms. The average Bonchev–Trinajstić information content (AvgIpc) is 3.50. The summed E-state index contributed by atoms with van der Waals surface area (Å²) in [5.41, 5.74) is 3.07. The Kier molecular flexibility index (Phi) is 5.27. The van der Waals surface area contributed by atoms with E-state index in [1.54, 1.807) is 35.2 Å². The lowest BCUT2D eigenvalue weighted by atomic mass is 10.1. The van der Waals surface area contributed by atoms with E-state index in [2.05, 4.69) is 15.4 Å². The number of thiazole rings is 1. The zero-order valence-corrected chi connectivity index (χ0v) is 18.9. The topological polar surface area (TPSA) is 86.4 Å². The third-order valence-corrected chi connectivity index (χ3v) is 6.20. The standard InChI is InChI=1S/C25H17FN4O4S/c26-17-3-1-2-4-18(17)29-25-30(27-11-15-5-7-22-23(9-15)34-14-33-22)20(13-35-25)16-6-8-21-19(10-16)28-24(31)12-32-21/h1-11,13H,12,14H2,(H,28,31). The quantitative estimate of drug-likeness (QED) is 0.428. The Labute approximate surface area is 202 Å². The fourth-order valence-corrected chi connectivity index (χ4v) is 4.54. The predicted octanol–water partition coefficient (Wildman–Crippen LogP) is 4.53. The summed E-state index contributed by atoms with van der Waals surface area (Å²) >= 11 is 1.32. The molecule has 35 heavy (non-hydrogen) atoms. The summed E-state index contributed by atoms with van der Waals surface area (Å²) < 4.78 is 32.2. The predicted molar refractivity (Wildman–Crippen MR) is 129 cm³/mol. The lowest BCUT2D eigenvalue weighted by Gasteiger charge is -2.18. The van der Waals surface area contributed by atoms with Crippen molar-refractivity contribution in [1.29, 1.82) is 0 Å². The Morgan fingerprint density at radius 1 is 1.00 bits per heavy atom.